The Morgan fingerprint density at radius 1 is 1.53 bits per heavy atom. The Hall–Kier alpha value is -1.52. The molecule has 1 aromatic rings. The second-order valence-electron chi connectivity index (χ2n) is 4.76. The first-order valence-corrected chi connectivity index (χ1v) is 6.00. The number of hydrogen-bond acceptors (Lipinski definition) is 3. The Morgan fingerprint density at radius 2 is 2.18 bits per heavy atom. The maximum atomic E-state index is 11.9. The molecule has 1 amide bonds. The number of carbonyl (C=O) groups excluding carboxylic acids is 1. The smallest absolute Gasteiger partial charge is 0.271 e. The molecular formula is C12H22N4O. The highest BCUT2D eigenvalue weighted by atomic mass is 16.2. The molecule has 0 saturated carbocycles. The van der Waals surface area contributed by atoms with Gasteiger partial charge in [0, 0.05) is 13.6 Å². The summed E-state index contributed by atoms with van der Waals surface area (Å²) in [4.78, 5) is 11.9. The summed E-state index contributed by atoms with van der Waals surface area (Å²) in [7, 11) is 1.73. The number of aromatic nitrogens is 2. The van der Waals surface area contributed by atoms with E-state index in [1.54, 1.807) is 14.0 Å². The van der Waals surface area contributed by atoms with Crippen LogP contribution < -0.4 is 11.1 Å². The predicted molar refractivity (Wildman–Crippen MR) is 68.8 cm³/mol. The van der Waals surface area contributed by atoms with Crippen molar-refractivity contribution in [2.45, 2.75) is 33.6 Å². The summed E-state index contributed by atoms with van der Waals surface area (Å²) in [6.07, 6.45) is 2.10. The molecule has 0 radical (unpaired) electrons. The second kappa shape index (κ2) is 5.70. The molecule has 0 aromatic carbocycles. The normalized spacial score (nSPS) is 10.9. The van der Waals surface area contributed by atoms with Gasteiger partial charge >= 0.3 is 0 Å². The van der Waals surface area contributed by atoms with E-state index in [1.807, 2.05) is 0 Å². The zero-order valence-electron chi connectivity index (χ0n) is 11.1. The fourth-order valence-electron chi connectivity index (χ4n) is 1.74. The van der Waals surface area contributed by atoms with E-state index in [9.17, 15) is 4.79 Å². The van der Waals surface area contributed by atoms with Crippen molar-refractivity contribution in [2.75, 3.05) is 12.3 Å². The molecule has 17 heavy (non-hydrogen) atoms. The summed E-state index contributed by atoms with van der Waals surface area (Å²) in [5, 5.41) is 6.99. The molecule has 5 nitrogen and oxygen atoms in total. The fourth-order valence-corrected chi connectivity index (χ4v) is 1.74. The van der Waals surface area contributed by atoms with E-state index in [0.717, 1.165) is 12.8 Å². The molecule has 1 heterocycles. The van der Waals surface area contributed by atoms with Crippen molar-refractivity contribution in [3.63, 3.8) is 0 Å². The first-order chi connectivity index (χ1) is 7.93. The number of nitrogens with two attached hydrogens (primary N) is 1. The molecule has 5 heteroatoms. The molecule has 1 rings (SSSR count). The van der Waals surface area contributed by atoms with E-state index in [2.05, 4.69) is 24.3 Å². The van der Waals surface area contributed by atoms with Crippen LogP contribution in [0.25, 0.3) is 0 Å². The van der Waals surface area contributed by atoms with Crippen molar-refractivity contribution in [1.82, 2.24) is 15.1 Å². The molecule has 0 fully saturated rings. The highest BCUT2D eigenvalue weighted by Crippen LogP contribution is 2.14. The SMILES string of the molecule is Cc1nn(C)c(C(=O)NCCCC(C)C)c1N. The topological polar surface area (TPSA) is 72.9 Å². The van der Waals surface area contributed by atoms with Crippen molar-refractivity contribution in [3.05, 3.63) is 11.4 Å². The Labute approximate surface area is 102 Å². The summed E-state index contributed by atoms with van der Waals surface area (Å²) < 4.78 is 1.53. The third-order valence-corrected chi connectivity index (χ3v) is 2.73. The quantitative estimate of drug-likeness (QED) is 0.763. The number of rotatable bonds is 5. The standard InChI is InChI=1S/C12H22N4O/c1-8(2)6-5-7-14-12(17)11-10(13)9(3)15-16(11)4/h8H,5-7,13H2,1-4H3,(H,14,17). The van der Waals surface area contributed by atoms with E-state index >= 15 is 0 Å². The van der Waals surface area contributed by atoms with Crippen molar-refractivity contribution >= 4 is 11.6 Å². The van der Waals surface area contributed by atoms with Gasteiger partial charge in [-0.25, -0.2) is 0 Å². The number of aryl methyl sites for hydroxylation is 2. The second-order valence-corrected chi connectivity index (χ2v) is 4.76. The first kappa shape index (κ1) is 13.5. The maximum Gasteiger partial charge on any atom is 0.271 e. The summed E-state index contributed by atoms with van der Waals surface area (Å²) >= 11 is 0. The van der Waals surface area contributed by atoms with E-state index in [4.69, 9.17) is 5.73 Å². The molecule has 0 aliphatic heterocycles. The van der Waals surface area contributed by atoms with Crippen LogP contribution in [-0.4, -0.2) is 22.2 Å². The number of amides is 1. The van der Waals surface area contributed by atoms with Crippen molar-refractivity contribution in [1.29, 1.82) is 0 Å². The van der Waals surface area contributed by atoms with Crippen LogP contribution in [0, 0.1) is 12.8 Å². The lowest BCUT2D eigenvalue weighted by Crippen LogP contribution is -2.27. The van der Waals surface area contributed by atoms with Gasteiger partial charge in [0.05, 0.1) is 11.4 Å². The number of nitrogens with zero attached hydrogens (tertiary/aromatic N) is 2. The summed E-state index contributed by atoms with van der Waals surface area (Å²) in [5.41, 5.74) is 7.42. The predicted octanol–water partition coefficient (Wildman–Crippen LogP) is 1.48. The van der Waals surface area contributed by atoms with Crippen molar-refractivity contribution in [3.8, 4) is 0 Å². The minimum absolute atomic E-state index is 0.144. The van der Waals surface area contributed by atoms with Gasteiger partial charge in [-0.15, -0.1) is 0 Å². The van der Waals surface area contributed by atoms with Crippen LogP contribution in [0.4, 0.5) is 5.69 Å². The molecule has 1 aromatic heterocycles. The fraction of sp³-hybridized carbons (Fsp3) is 0.667. The van der Waals surface area contributed by atoms with Crippen molar-refractivity contribution in [2.24, 2.45) is 13.0 Å². The lowest BCUT2D eigenvalue weighted by molar-refractivity contribution is 0.0944. The Kier molecular flexibility index (Phi) is 4.54. The van der Waals surface area contributed by atoms with Gasteiger partial charge < -0.3 is 11.1 Å². The van der Waals surface area contributed by atoms with Gasteiger partial charge in [-0.2, -0.15) is 5.10 Å². The van der Waals surface area contributed by atoms with Gasteiger partial charge in [0.15, 0.2) is 0 Å². The molecule has 0 saturated heterocycles. The summed E-state index contributed by atoms with van der Waals surface area (Å²) in [6.45, 7) is 6.82. The molecule has 0 bridgehead atoms. The Balaban J connectivity index is 2.53. The van der Waals surface area contributed by atoms with E-state index in [0.29, 0.717) is 29.5 Å². The molecule has 0 aliphatic carbocycles. The molecule has 0 atom stereocenters. The van der Waals surface area contributed by atoms with Gasteiger partial charge in [0.2, 0.25) is 0 Å². The zero-order chi connectivity index (χ0) is 13.0. The maximum absolute atomic E-state index is 11.9. The molecule has 96 valence electrons. The summed E-state index contributed by atoms with van der Waals surface area (Å²) in [6, 6.07) is 0. The molecule has 0 unspecified atom stereocenters. The van der Waals surface area contributed by atoms with Crippen LogP contribution in [0.1, 0.15) is 42.9 Å². The van der Waals surface area contributed by atoms with Crippen LogP contribution in [-0.2, 0) is 7.05 Å². The summed E-state index contributed by atoms with van der Waals surface area (Å²) in [5.74, 6) is 0.519. The monoisotopic (exact) mass is 238 g/mol. The van der Waals surface area contributed by atoms with E-state index in [-0.39, 0.29) is 5.91 Å². The number of anilines is 1. The number of nitrogen functional groups attached to an aromatic ring is 1. The van der Waals surface area contributed by atoms with Crippen molar-refractivity contribution < 1.29 is 4.79 Å². The lowest BCUT2D eigenvalue weighted by atomic mass is 10.1. The highest BCUT2D eigenvalue weighted by molar-refractivity contribution is 5.97. The number of nitrogens with one attached hydrogen (secondary N) is 1. The van der Waals surface area contributed by atoms with Gasteiger partial charge in [0.1, 0.15) is 5.69 Å². The highest BCUT2D eigenvalue weighted by Gasteiger charge is 2.17. The minimum Gasteiger partial charge on any atom is -0.395 e. The van der Waals surface area contributed by atoms with Gasteiger partial charge in [0.25, 0.3) is 5.91 Å². The van der Waals surface area contributed by atoms with E-state index in [1.165, 1.54) is 4.68 Å². The molecule has 3 N–H and O–H groups in total. The number of hydrogen-bond donors (Lipinski definition) is 2. The van der Waals surface area contributed by atoms with Crippen LogP contribution in [0.15, 0.2) is 0 Å². The van der Waals surface area contributed by atoms with Crippen LogP contribution in [0.5, 0.6) is 0 Å². The lowest BCUT2D eigenvalue weighted by Gasteiger charge is -2.07. The molecule has 0 aliphatic rings. The molecular weight excluding hydrogens is 216 g/mol. The average molecular weight is 238 g/mol. The van der Waals surface area contributed by atoms with E-state index < -0.39 is 0 Å². The molecule has 0 spiro atoms. The zero-order valence-corrected chi connectivity index (χ0v) is 11.1. The van der Waals surface area contributed by atoms with Crippen LogP contribution >= 0.6 is 0 Å². The number of carbonyl (C=O) groups is 1. The Morgan fingerprint density at radius 3 is 2.65 bits per heavy atom. The third kappa shape index (κ3) is 3.47. The third-order valence-electron chi connectivity index (χ3n) is 2.73. The van der Waals surface area contributed by atoms with Crippen LogP contribution in [0.2, 0.25) is 0 Å². The first-order valence-electron chi connectivity index (χ1n) is 6.00. The average Bonchev–Trinajstić information content (AvgIpc) is 2.48. The Bertz CT molecular complexity index is 395. The van der Waals surface area contributed by atoms with Crippen LogP contribution in [0.3, 0.4) is 0 Å². The van der Waals surface area contributed by atoms with Gasteiger partial charge in [-0.05, 0) is 25.7 Å². The minimum atomic E-state index is -0.144. The van der Waals surface area contributed by atoms with Gasteiger partial charge in [-0.1, -0.05) is 13.8 Å². The largest absolute Gasteiger partial charge is 0.395 e. The van der Waals surface area contributed by atoms with Gasteiger partial charge in [-0.3, -0.25) is 9.48 Å².